The van der Waals surface area contributed by atoms with E-state index in [4.69, 9.17) is 19.3 Å². The summed E-state index contributed by atoms with van der Waals surface area (Å²) in [5.41, 5.74) is 0.588. The van der Waals surface area contributed by atoms with Gasteiger partial charge in [0, 0.05) is 5.56 Å². The average molecular weight is 364 g/mol. The molecule has 0 atom stereocenters. The van der Waals surface area contributed by atoms with Crippen molar-refractivity contribution in [1.29, 1.82) is 0 Å². The Hall–Kier alpha value is -2.60. The summed E-state index contributed by atoms with van der Waals surface area (Å²) in [5, 5.41) is 0. The Kier molecular flexibility index (Phi) is 5.98. The van der Waals surface area contributed by atoms with Crippen LogP contribution in [0.1, 0.15) is 15.9 Å². The second-order valence-electron chi connectivity index (χ2n) is 4.85. The quantitative estimate of drug-likeness (QED) is 0.442. The molecule has 2 aromatic carbocycles. The molecule has 2 N–H and O–H groups in total. The highest BCUT2D eigenvalue weighted by Crippen LogP contribution is 2.41. The summed E-state index contributed by atoms with van der Waals surface area (Å²) in [6.45, 7) is 0. The summed E-state index contributed by atoms with van der Waals surface area (Å²) in [5.74, 6) is -0.0759. The van der Waals surface area contributed by atoms with Gasteiger partial charge in [-0.15, -0.1) is 0 Å². The van der Waals surface area contributed by atoms with Gasteiger partial charge in [0.05, 0.1) is 14.2 Å². The lowest BCUT2D eigenvalue weighted by Gasteiger charge is -2.13. The third-order valence-electron chi connectivity index (χ3n) is 3.22. The average Bonchev–Trinajstić information content (AvgIpc) is 2.58. The predicted molar refractivity (Wildman–Crippen MR) is 92.0 cm³/mol. The molecule has 132 valence electrons. The molecule has 0 aromatic heterocycles. The molecular formula is C17H17O7P. The van der Waals surface area contributed by atoms with E-state index in [-0.39, 0.29) is 17.1 Å². The zero-order chi connectivity index (χ0) is 18.4. The van der Waals surface area contributed by atoms with Gasteiger partial charge in [-0.3, -0.25) is 14.6 Å². The summed E-state index contributed by atoms with van der Waals surface area (Å²) in [7, 11) is -1.97. The molecule has 0 spiro atoms. The van der Waals surface area contributed by atoms with Crippen LogP contribution in [0.2, 0.25) is 0 Å². The lowest BCUT2D eigenvalue weighted by molar-refractivity contribution is 0.104. The fourth-order valence-electron chi connectivity index (χ4n) is 2.18. The maximum absolute atomic E-state index is 12.6. The number of hydrogen-bond acceptors (Lipinski definition) is 5. The number of carbonyl (C=O) groups is 1. The SMILES string of the molecule is COc1ccccc1/C=C/C(=O)c1c(OC)cccc1OP(=O)(O)O. The number of benzene rings is 2. The molecule has 2 rings (SSSR count). The molecule has 0 amide bonds. The molecule has 0 bridgehead atoms. The van der Waals surface area contributed by atoms with Crippen molar-refractivity contribution in [3.63, 3.8) is 0 Å². The number of phosphoric acid groups is 1. The Morgan fingerprint density at radius 2 is 1.56 bits per heavy atom. The zero-order valence-corrected chi connectivity index (χ0v) is 14.5. The third-order valence-corrected chi connectivity index (χ3v) is 3.66. The highest BCUT2D eigenvalue weighted by atomic mass is 31.2. The van der Waals surface area contributed by atoms with E-state index >= 15 is 0 Å². The van der Waals surface area contributed by atoms with Crippen LogP contribution < -0.4 is 14.0 Å². The minimum Gasteiger partial charge on any atom is -0.496 e. The van der Waals surface area contributed by atoms with Crippen molar-refractivity contribution in [1.82, 2.24) is 0 Å². The van der Waals surface area contributed by atoms with Gasteiger partial charge in [-0.25, -0.2) is 4.57 Å². The van der Waals surface area contributed by atoms with Crippen LogP contribution in [0.15, 0.2) is 48.5 Å². The number of rotatable bonds is 7. The molecule has 8 heteroatoms. The third kappa shape index (κ3) is 4.93. The van der Waals surface area contributed by atoms with Gasteiger partial charge < -0.3 is 14.0 Å². The van der Waals surface area contributed by atoms with Crippen molar-refractivity contribution >= 4 is 19.7 Å². The Labute approximate surface area is 144 Å². The summed E-state index contributed by atoms with van der Waals surface area (Å²) in [6, 6.07) is 11.3. The van der Waals surface area contributed by atoms with Crippen molar-refractivity contribution in [3.05, 3.63) is 59.7 Å². The number of para-hydroxylation sites is 1. The van der Waals surface area contributed by atoms with Gasteiger partial charge in [-0.2, -0.15) is 0 Å². The van der Waals surface area contributed by atoms with E-state index in [1.807, 2.05) is 0 Å². The van der Waals surface area contributed by atoms with E-state index in [1.54, 1.807) is 24.3 Å². The van der Waals surface area contributed by atoms with Crippen molar-refractivity contribution in [2.45, 2.75) is 0 Å². The molecule has 7 nitrogen and oxygen atoms in total. The van der Waals surface area contributed by atoms with Crippen LogP contribution in [0.4, 0.5) is 0 Å². The van der Waals surface area contributed by atoms with Gasteiger partial charge in [0.2, 0.25) is 0 Å². The van der Waals surface area contributed by atoms with Gasteiger partial charge in [-0.1, -0.05) is 24.3 Å². The fourth-order valence-corrected chi connectivity index (χ4v) is 2.59. The number of ether oxygens (including phenoxy) is 2. The van der Waals surface area contributed by atoms with Crippen LogP contribution in [0.3, 0.4) is 0 Å². The second kappa shape index (κ2) is 7.98. The second-order valence-corrected chi connectivity index (χ2v) is 6.02. The Bertz CT molecular complexity index is 839. The first-order valence-electron chi connectivity index (χ1n) is 7.13. The number of ketones is 1. The minimum absolute atomic E-state index is 0.0838. The van der Waals surface area contributed by atoms with Crippen molar-refractivity contribution in [2.75, 3.05) is 14.2 Å². The summed E-state index contributed by atoms with van der Waals surface area (Å²) < 4.78 is 26.0. The summed E-state index contributed by atoms with van der Waals surface area (Å²) >= 11 is 0. The molecule has 0 unspecified atom stereocenters. The molecule has 2 aromatic rings. The first-order chi connectivity index (χ1) is 11.9. The number of methoxy groups -OCH3 is 2. The topological polar surface area (TPSA) is 102 Å². The molecule has 0 radical (unpaired) electrons. The van der Waals surface area contributed by atoms with Crippen LogP contribution in [-0.4, -0.2) is 29.8 Å². The predicted octanol–water partition coefficient (Wildman–Crippen LogP) is 3.07. The smallest absolute Gasteiger partial charge is 0.496 e. The van der Waals surface area contributed by atoms with Gasteiger partial charge in [0.25, 0.3) is 0 Å². The van der Waals surface area contributed by atoms with E-state index in [9.17, 15) is 9.36 Å². The van der Waals surface area contributed by atoms with Gasteiger partial charge in [-0.05, 0) is 30.4 Å². The molecule has 25 heavy (non-hydrogen) atoms. The maximum Gasteiger partial charge on any atom is 0.524 e. The lowest BCUT2D eigenvalue weighted by atomic mass is 10.1. The zero-order valence-electron chi connectivity index (χ0n) is 13.6. The van der Waals surface area contributed by atoms with E-state index in [0.29, 0.717) is 11.3 Å². The molecule has 0 aliphatic heterocycles. The standard InChI is InChI=1S/C17H17O7P/c1-22-14-7-4-3-6-12(14)10-11-13(18)17-15(23-2)8-5-9-16(17)24-25(19,20)21/h3-11H,1-2H3,(H2,19,20,21)/b11-10+. The number of phosphoric ester groups is 1. The van der Waals surface area contributed by atoms with E-state index < -0.39 is 13.6 Å². The van der Waals surface area contributed by atoms with Crippen LogP contribution >= 0.6 is 7.82 Å². The number of hydrogen-bond donors (Lipinski definition) is 2. The van der Waals surface area contributed by atoms with E-state index in [1.165, 1.54) is 44.6 Å². The maximum atomic E-state index is 12.6. The molecule has 0 heterocycles. The molecule has 0 saturated heterocycles. The van der Waals surface area contributed by atoms with Gasteiger partial charge in [0.1, 0.15) is 22.8 Å². The van der Waals surface area contributed by atoms with E-state index in [2.05, 4.69) is 4.52 Å². The lowest BCUT2D eigenvalue weighted by Crippen LogP contribution is -2.03. The summed E-state index contributed by atoms with van der Waals surface area (Å²) in [4.78, 5) is 30.6. The van der Waals surface area contributed by atoms with Gasteiger partial charge >= 0.3 is 7.82 Å². The van der Waals surface area contributed by atoms with Gasteiger partial charge in [0.15, 0.2) is 5.78 Å². The van der Waals surface area contributed by atoms with E-state index in [0.717, 1.165) is 0 Å². The highest BCUT2D eigenvalue weighted by molar-refractivity contribution is 7.46. The highest BCUT2D eigenvalue weighted by Gasteiger charge is 2.23. The molecule has 0 fully saturated rings. The van der Waals surface area contributed by atoms with Crippen LogP contribution in [-0.2, 0) is 4.57 Å². The molecule has 0 aliphatic rings. The van der Waals surface area contributed by atoms with Crippen LogP contribution in [0, 0.1) is 0 Å². The Morgan fingerprint density at radius 1 is 0.960 bits per heavy atom. The minimum atomic E-state index is -4.83. The monoisotopic (exact) mass is 364 g/mol. The molecule has 0 aliphatic carbocycles. The fraction of sp³-hybridized carbons (Fsp3) is 0.118. The van der Waals surface area contributed by atoms with Crippen LogP contribution in [0.5, 0.6) is 17.2 Å². The Morgan fingerprint density at radius 3 is 2.20 bits per heavy atom. The number of carbonyl (C=O) groups excluding carboxylic acids is 1. The van der Waals surface area contributed by atoms with Crippen molar-refractivity contribution in [3.8, 4) is 17.2 Å². The Balaban J connectivity index is 2.41. The number of allylic oxidation sites excluding steroid dienone is 1. The van der Waals surface area contributed by atoms with Crippen LogP contribution in [0.25, 0.3) is 6.08 Å². The van der Waals surface area contributed by atoms with Crippen molar-refractivity contribution < 1.29 is 33.1 Å². The molecular weight excluding hydrogens is 347 g/mol. The normalized spacial score (nSPS) is 11.4. The molecule has 0 saturated carbocycles. The summed E-state index contributed by atoms with van der Waals surface area (Å²) in [6.07, 6.45) is 2.79. The largest absolute Gasteiger partial charge is 0.524 e. The first kappa shape index (κ1) is 18.7. The van der Waals surface area contributed by atoms with Crippen molar-refractivity contribution in [2.24, 2.45) is 0 Å². The first-order valence-corrected chi connectivity index (χ1v) is 8.66.